The molecule has 6 nitrogen and oxygen atoms in total. The fourth-order valence-electron chi connectivity index (χ4n) is 2.82. The molecule has 134 valence electrons. The lowest BCUT2D eigenvalue weighted by Crippen LogP contribution is -2.48. The van der Waals surface area contributed by atoms with Gasteiger partial charge in [0.15, 0.2) is 5.13 Å². The predicted molar refractivity (Wildman–Crippen MR) is 102 cm³/mol. The number of piperazine rings is 1. The number of thiazole rings is 1. The van der Waals surface area contributed by atoms with Crippen LogP contribution in [0, 0.1) is 18.3 Å². The maximum Gasteiger partial charge on any atom is 0.266 e. The van der Waals surface area contributed by atoms with Gasteiger partial charge >= 0.3 is 0 Å². The first-order chi connectivity index (χ1) is 12.7. The summed E-state index contributed by atoms with van der Waals surface area (Å²) in [6, 6.07) is 12.3. The Morgan fingerprint density at radius 2 is 2.04 bits per heavy atom. The Bertz CT molecular complexity index is 816. The molecule has 0 atom stereocenters. The molecule has 1 aliphatic heterocycles. The highest BCUT2D eigenvalue weighted by molar-refractivity contribution is 7.13. The van der Waals surface area contributed by atoms with Gasteiger partial charge in [-0.2, -0.15) is 5.26 Å². The lowest BCUT2D eigenvalue weighted by molar-refractivity contribution is -0.128. The summed E-state index contributed by atoms with van der Waals surface area (Å²) in [5, 5.41) is 14.9. The number of hydrogen-bond donors (Lipinski definition) is 1. The molecule has 1 aromatic carbocycles. The smallest absolute Gasteiger partial charge is 0.266 e. The van der Waals surface area contributed by atoms with Gasteiger partial charge < -0.3 is 10.2 Å². The number of nitrogens with one attached hydrogen (secondary N) is 1. The number of nitriles is 1. The maximum atomic E-state index is 12.6. The molecule has 1 fully saturated rings. The second-order valence-corrected chi connectivity index (χ2v) is 7.02. The Labute approximate surface area is 157 Å². The molecule has 2 heterocycles. The monoisotopic (exact) mass is 367 g/mol. The van der Waals surface area contributed by atoms with E-state index in [1.54, 1.807) is 4.90 Å². The van der Waals surface area contributed by atoms with Gasteiger partial charge in [0, 0.05) is 44.3 Å². The average molecular weight is 367 g/mol. The number of rotatable bonds is 5. The number of carbonyl (C=O) groups excluding carboxylic acids is 1. The normalized spacial score (nSPS) is 15.5. The summed E-state index contributed by atoms with van der Waals surface area (Å²) in [7, 11) is 0. The first kappa shape index (κ1) is 18.1. The summed E-state index contributed by atoms with van der Waals surface area (Å²) in [5.74, 6) is -0.229. The summed E-state index contributed by atoms with van der Waals surface area (Å²) in [6.07, 6.45) is 1.46. The second-order valence-electron chi connectivity index (χ2n) is 6.16. The van der Waals surface area contributed by atoms with E-state index < -0.39 is 0 Å². The van der Waals surface area contributed by atoms with Gasteiger partial charge in [-0.1, -0.05) is 30.3 Å². The van der Waals surface area contributed by atoms with Crippen LogP contribution < -0.4 is 5.32 Å². The van der Waals surface area contributed by atoms with Gasteiger partial charge in [-0.05, 0) is 12.5 Å². The minimum Gasteiger partial charge on any atom is -0.337 e. The Morgan fingerprint density at radius 1 is 1.31 bits per heavy atom. The van der Waals surface area contributed by atoms with Crippen LogP contribution in [0.15, 0.2) is 47.5 Å². The van der Waals surface area contributed by atoms with E-state index in [-0.39, 0.29) is 11.5 Å². The number of benzene rings is 1. The molecule has 2 aromatic rings. The minimum atomic E-state index is -0.229. The number of carbonyl (C=O) groups is 1. The SMILES string of the molecule is Cc1csc(N/C=C(/C#N)C(=O)N2CCN(Cc3ccccc3)CC2)n1. The van der Waals surface area contributed by atoms with E-state index in [1.165, 1.54) is 23.1 Å². The van der Waals surface area contributed by atoms with Crippen molar-refractivity contribution in [2.45, 2.75) is 13.5 Å². The molecule has 3 rings (SSSR count). The standard InChI is InChI=1S/C19H21N5OS/c1-15-14-26-19(22-15)21-12-17(11-20)18(25)24-9-7-23(8-10-24)13-16-5-3-2-4-6-16/h2-6,12,14H,7-10,13H2,1H3,(H,21,22)/b17-12-. The summed E-state index contributed by atoms with van der Waals surface area (Å²) < 4.78 is 0. The van der Waals surface area contributed by atoms with Crippen LogP contribution in [0.25, 0.3) is 0 Å². The third-order valence-electron chi connectivity index (χ3n) is 4.22. The second kappa shape index (κ2) is 8.61. The zero-order valence-electron chi connectivity index (χ0n) is 14.7. The van der Waals surface area contributed by atoms with E-state index in [9.17, 15) is 10.1 Å². The molecule has 7 heteroatoms. The van der Waals surface area contributed by atoms with Gasteiger partial charge in [0.1, 0.15) is 11.6 Å². The van der Waals surface area contributed by atoms with E-state index in [0.29, 0.717) is 18.2 Å². The van der Waals surface area contributed by atoms with Crippen LogP contribution in [0.1, 0.15) is 11.3 Å². The van der Waals surface area contributed by atoms with Crippen LogP contribution in [-0.2, 0) is 11.3 Å². The van der Waals surface area contributed by atoms with Crippen LogP contribution in [0.3, 0.4) is 0 Å². The number of nitrogens with zero attached hydrogens (tertiary/aromatic N) is 4. The predicted octanol–water partition coefficient (Wildman–Crippen LogP) is 2.62. The van der Waals surface area contributed by atoms with E-state index in [0.717, 1.165) is 25.3 Å². The molecule has 0 bridgehead atoms. The molecule has 0 saturated carbocycles. The van der Waals surface area contributed by atoms with E-state index in [2.05, 4.69) is 27.3 Å². The molecule has 0 unspecified atom stereocenters. The van der Waals surface area contributed by atoms with Crippen molar-refractivity contribution in [3.05, 3.63) is 58.7 Å². The van der Waals surface area contributed by atoms with Crippen molar-refractivity contribution in [1.29, 1.82) is 5.26 Å². The fourth-order valence-corrected chi connectivity index (χ4v) is 3.48. The minimum absolute atomic E-state index is 0.106. The highest BCUT2D eigenvalue weighted by Crippen LogP contribution is 2.15. The van der Waals surface area contributed by atoms with Crippen molar-refractivity contribution in [3.8, 4) is 6.07 Å². The van der Waals surface area contributed by atoms with Crippen molar-refractivity contribution in [2.75, 3.05) is 31.5 Å². The van der Waals surface area contributed by atoms with Crippen molar-refractivity contribution < 1.29 is 4.79 Å². The molecule has 1 aromatic heterocycles. The van der Waals surface area contributed by atoms with Gasteiger partial charge in [-0.3, -0.25) is 9.69 Å². The first-order valence-corrected chi connectivity index (χ1v) is 9.38. The maximum absolute atomic E-state index is 12.6. The fraction of sp³-hybridized carbons (Fsp3) is 0.316. The number of anilines is 1. The molecule has 26 heavy (non-hydrogen) atoms. The quantitative estimate of drug-likeness (QED) is 0.650. The lowest BCUT2D eigenvalue weighted by Gasteiger charge is -2.34. The Morgan fingerprint density at radius 3 is 2.65 bits per heavy atom. The Balaban J connectivity index is 1.54. The van der Waals surface area contributed by atoms with Crippen molar-refractivity contribution in [3.63, 3.8) is 0 Å². The van der Waals surface area contributed by atoms with Crippen LogP contribution in [0.2, 0.25) is 0 Å². The van der Waals surface area contributed by atoms with Crippen LogP contribution in [0.4, 0.5) is 5.13 Å². The first-order valence-electron chi connectivity index (χ1n) is 8.50. The van der Waals surface area contributed by atoms with Gasteiger partial charge in [0.05, 0.1) is 5.69 Å². The Hall–Kier alpha value is -2.69. The van der Waals surface area contributed by atoms with Gasteiger partial charge in [-0.25, -0.2) is 4.98 Å². The van der Waals surface area contributed by atoms with E-state index in [1.807, 2.05) is 36.6 Å². The van der Waals surface area contributed by atoms with Crippen molar-refractivity contribution in [2.24, 2.45) is 0 Å². The highest BCUT2D eigenvalue weighted by atomic mass is 32.1. The lowest BCUT2D eigenvalue weighted by atomic mass is 10.2. The zero-order chi connectivity index (χ0) is 18.4. The largest absolute Gasteiger partial charge is 0.337 e. The van der Waals surface area contributed by atoms with Crippen molar-refractivity contribution >= 4 is 22.4 Å². The zero-order valence-corrected chi connectivity index (χ0v) is 15.5. The van der Waals surface area contributed by atoms with Gasteiger partial charge in [0.2, 0.25) is 0 Å². The third-order valence-corrected chi connectivity index (χ3v) is 5.11. The highest BCUT2D eigenvalue weighted by Gasteiger charge is 2.23. The van der Waals surface area contributed by atoms with E-state index >= 15 is 0 Å². The molecule has 0 spiro atoms. The molecular formula is C19H21N5OS. The summed E-state index contributed by atoms with van der Waals surface area (Å²) in [6.45, 7) is 5.64. The molecule has 0 aliphatic carbocycles. The summed E-state index contributed by atoms with van der Waals surface area (Å²) >= 11 is 1.44. The number of hydrogen-bond acceptors (Lipinski definition) is 6. The number of amides is 1. The van der Waals surface area contributed by atoms with Crippen molar-refractivity contribution in [1.82, 2.24) is 14.8 Å². The van der Waals surface area contributed by atoms with Gasteiger partial charge in [-0.15, -0.1) is 11.3 Å². The summed E-state index contributed by atoms with van der Waals surface area (Å²) in [4.78, 5) is 20.9. The van der Waals surface area contributed by atoms with Crippen LogP contribution >= 0.6 is 11.3 Å². The third kappa shape index (κ3) is 4.69. The van der Waals surface area contributed by atoms with Crippen LogP contribution in [-0.4, -0.2) is 46.9 Å². The molecular weight excluding hydrogens is 346 g/mol. The molecule has 1 N–H and O–H groups in total. The Kier molecular flexibility index (Phi) is 6.00. The average Bonchev–Trinajstić information content (AvgIpc) is 3.09. The topological polar surface area (TPSA) is 72.3 Å². The molecule has 1 saturated heterocycles. The van der Waals surface area contributed by atoms with Crippen LogP contribution in [0.5, 0.6) is 0 Å². The molecule has 1 amide bonds. The van der Waals surface area contributed by atoms with E-state index in [4.69, 9.17) is 0 Å². The molecule has 0 radical (unpaired) electrons. The number of aryl methyl sites for hydroxylation is 1. The molecule has 1 aliphatic rings. The summed E-state index contributed by atoms with van der Waals surface area (Å²) in [5.41, 5.74) is 2.28. The van der Waals surface area contributed by atoms with Gasteiger partial charge in [0.25, 0.3) is 5.91 Å². The number of aromatic nitrogens is 1.